The first-order valence-electron chi connectivity index (χ1n) is 20.8. The second-order valence-corrected chi connectivity index (χ2v) is 17.5. The summed E-state index contributed by atoms with van der Waals surface area (Å²) < 4.78 is 58.6. The summed E-state index contributed by atoms with van der Waals surface area (Å²) in [6.45, 7) is 30.9. The summed E-state index contributed by atoms with van der Waals surface area (Å²) >= 11 is 0. The molecule has 6 aliphatic heterocycles. The van der Waals surface area contributed by atoms with Gasteiger partial charge in [0.1, 0.15) is 0 Å². The van der Waals surface area contributed by atoms with Gasteiger partial charge in [-0.3, -0.25) is 14.7 Å². The Morgan fingerprint density at radius 3 is 1.70 bits per heavy atom. The molecule has 2 spiro atoms. The molecule has 6 heterocycles. The summed E-state index contributed by atoms with van der Waals surface area (Å²) in [5.74, 6) is -4.44. The Balaban J connectivity index is 0.000000217. The van der Waals surface area contributed by atoms with Crippen LogP contribution < -0.4 is 0 Å². The van der Waals surface area contributed by atoms with Crippen LogP contribution in [0.4, 0.5) is 17.6 Å². The Morgan fingerprint density at radius 1 is 0.600 bits per heavy atom. The van der Waals surface area contributed by atoms with Crippen molar-refractivity contribution in [1.29, 1.82) is 0 Å². The summed E-state index contributed by atoms with van der Waals surface area (Å²) in [6.07, 6.45) is 7.25. The monoisotopic (exact) mass is 717 g/mol. The summed E-state index contributed by atoms with van der Waals surface area (Å²) in [6, 6.07) is 0.688. The number of piperidine rings is 4. The molecule has 6 nitrogen and oxygen atoms in total. The van der Waals surface area contributed by atoms with E-state index in [4.69, 9.17) is 0 Å². The van der Waals surface area contributed by atoms with E-state index in [1.807, 2.05) is 23.6 Å². The third-order valence-electron chi connectivity index (χ3n) is 13.4. The fraction of sp³-hybridized carbons (Fsp3) is 1.00. The molecule has 0 aromatic heterocycles. The Hall–Kier alpha value is -0.520. The smallest absolute Gasteiger partial charge is 0.268 e. The van der Waals surface area contributed by atoms with Crippen molar-refractivity contribution in [3.8, 4) is 0 Å². The molecule has 0 saturated carbocycles. The molecule has 0 aliphatic carbocycles. The Kier molecular flexibility index (Phi) is 15.4. The predicted molar refractivity (Wildman–Crippen MR) is 201 cm³/mol. The van der Waals surface area contributed by atoms with Crippen LogP contribution in [0.2, 0.25) is 0 Å². The van der Waals surface area contributed by atoms with Crippen LogP contribution in [0.5, 0.6) is 0 Å². The van der Waals surface area contributed by atoms with Crippen LogP contribution >= 0.6 is 0 Å². The zero-order valence-corrected chi connectivity index (χ0v) is 33.5. The molecule has 0 aromatic carbocycles. The van der Waals surface area contributed by atoms with Crippen molar-refractivity contribution in [1.82, 2.24) is 29.4 Å². The Bertz CT molecular complexity index is 982. The van der Waals surface area contributed by atoms with Crippen LogP contribution in [0.1, 0.15) is 100 Å². The first-order valence-corrected chi connectivity index (χ1v) is 20.8. The lowest BCUT2D eigenvalue weighted by Crippen LogP contribution is -2.70. The van der Waals surface area contributed by atoms with Crippen molar-refractivity contribution in [2.24, 2.45) is 28.6 Å². The number of likely N-dealkylation sites (tertiary alicyclic amines) is 6. The molecule has 6 fully saturated rings. The van der Waals surface area contributed by atoms with Crippen molar-refractivity contribution in [2.75, 3.05) is 111 Å². The van der Waals surface area contributed by atoms with Gasteiger partial charge in [-0.15, -0.1) is 0 Å². The summed E-state index contributed by atoms with van der Waals surface area (Å²) in [4.78, 5) is 13.5. The second kappa shape index (κ2) is 18.2. The highest BCUT2D eigenvalue weighted by Gasteiger charge is 2.62. The largest absolute Gasteiger partial charge is 0.304 e. The summed E-state index contributed by atoms with van der Waals surface area (Å²) in [5, 5.41) is 0. The molecule has 2 atom stereocenters. The molecule has 2 unspecified atom stereocenters. The van der Waals surface area contributed by atoms with Crippen LogP contribution in [0.15, 0.2) is 0 Å². The zero-order valence-electron chi connectivity index (χ0n) is 33.5. The van der Waals surface area contributed by atoms with Gasteiger partial charge in [0.05, 0.1) is 18.5 Å². The highest BCUT2D eigenvalue weighted by Crippen LogP contribution is 2.50. The van der Waals surface area contributed by atoms with Gasteiger partial charge in [0.25, 0.3) is 11.8 Å². The third kappa shape index (κ3) is 10.4. The van der Waals surface area contributed by atoms with E-state index in [0.717, 1.165) is 65.4 Å². The summed E-state index contributed by atoms with van der Waals surface area (Å²) in [7, 11) is 0. The van der Waals surface area contributed by atoms with Crippen molar-refractivity contribution in [3.05, 3.63) is 0 Å². The molecular weight excluding hydrogens is 640 g/mol. The molecule has 6 rings (SSSR count). The van der Waals surface area contributed by atoms with E-state index in [-0.39, 0.29) is 13.1 Å². The van der Waals surface area contributed by atoms with E-state index < -0.39 is 23.2 Å². The molecule has 10 heteroatoms. The molecule has 6 aliphatic rings. The van der Waals surface area contributed by atoms with Gasteiger partial charge in [-0.1, -0.05) is 48.5 Å². The average molecular weight is 717 g/mol. The van der Waals surface area contributed by atoms with Gasteiger partial charge in [0.2, 0.25) is 0 Å². The normalized spacial score (nSPS) is 29.8. The van der Waals surface area contributed by atoms with Gasteiger partial charge in [-0.2, -0.15) is 0 Å². The highest BCUT2D eigenvalue weighted by molar-refractivity contribution is 5.08. The molecule has 0 aromatic rings. The zero-order chi connectivity index (χ0) is 36.7. The minimum Gasteiger partial charge on any atom is -0.304 e. The fourth-order valence-electron chi connectivity index (χ4n) is 9.69. The number of halogens is 4. The van der Waals surface area contributed by atoms with Gasteiger partial charge in [0.15, 0.2) is 0 Å². The molecule has 0 amide bonds. The number of alkyl halides is 4. The topological polar surface area (TPSA) is 19.4 Å². The third-order valence-corrected chi connectivity index (χ3v) is 13.4. The SMILES string of the molecule is CC.CCC(C)N1CC2(CCN(CC3CCN(CC(C)C)CC3(F)F)CC2)C1.CCN1CCC(CN2CCC3(CN(CC)C3)C(F)(F)C2)CC1. The van der Waals surface area contributed by atoms with Crippen LogP contribution in [-0.2, 0) is 0 Å². The van der Waals surface area contributed by atoms with E-state index in [1.54, 1.807) is 0 Å². The first-order chi connectivity index (χ1) is 23.7. The lowest BCUT2D eigenvalue weighted by molar-refractivity contribution is -0.224. The summed E-state index contributed by atoms with van der Waals surface area (Å²) in [5.41, 5.74) is -0.228. The van der Waals surface area contributed by atoms with E-state index in [2.05, 4.69) is 61.1 Å². The van der Waals surface area contributed by atoms with Crippen LogP contribution in [0, 0.1) is 28.6 Å². The minimum absolute atomic E-state index is 0.0153. The van der Waals surface area contributed by atoms with E-state index in [1.165, 1.54) is 45.2 Å². The number of nitrogens with zero attached hydrogens (tertiary/aromatic N) is 6. The van der Waals surface area contributed by atoms with Crippen LogP contribution in [0.25, 0.3) is 0 Å². The molecule has 294 valence electrons. The van der Waals surface area contributed by atoms with Gasteiger partial charge >= 0.3 is 0 Å². The maximum absolute atomic E-state index is 14.7. The van der Waals surface area contributed by atoms with Crippen molar-refractivity contribution >= 4 is 0 Å². The Morgan fingerprint density at radius 2 is 1.18 bits per heavy atom. The predicted octanol–water partition coefficient (Wildman–Crippen LogP) is 7.20. The van der Waals surface area contributed by atoms with Crippen molar-refractivity contribution in [2.45, 2.75) is 118 Å². The quantitative estimate of drug-likeness (QED) is 0.221. The second-order valence-electron chi connectivity index (χ2n) is 17.5. The maximum Gasteiger partial charge on any atom is 0.268 e. The van der Waals surface area contributed by atoms with E-state index in [0.29, 0.717) is 55.8 Å². The molecule has 0 bridgehead atoms. The lowest BCUT2D eigenvalue weighted by Gasteiger charge is -2.57. The molecular formula is C40H76F4N6. The lowest BCUT2D eigenvalue weighted by atomic mass is 9.69. The minimum atomic E-state index is -2.54. The molecule has 0 radical (unpaired) electrons. The highest BCUT2D eigenvalue weighted by atomic mass is 19.3. The average Bonchev–Trinajstić information content (AvgIpc) is 3.05. The van der Waals surface area contributed by atoms with Crippen molar-refractivity contribution < 1.29 is 17.6 Å². The maximum atomic E-state index is 14.7. The van der Waals surface area contributed by atoms with E-state index >= 15 is 0 Å². The van der Waals surface area contributed by atoms with E-state index in [9.17, 15) is 17.6 Å². The van der Waals surface area contributed by atoms with Gasteiger partial charge in [0, 0.05) is 57.8 Å². The Labute approximate surface area is 304 Å². The van der Waals surface area contributed by atoms with Gasteiger partial charge in [-0.05, 0) is 121 Å². The number of hydrogen-bond acceptors (Lipinski definition) is 6. The van der Waals surface area contributed by atoms with Crippen molar-refractivity contribution in [3.63, 3.8) is 0 Å². The van der Waals surface area contributed by atoms with Gasteiger partial charge in [-0.25, -0.2) is 17.6 Å². The molecule has 6 saturated heterocycles. The number of hydrogen-bond donors (Lipinski definition) is 0. The first kappa shape index (κ1) is 42.2. The number of rotatable bonds is 10. The standard InChI is InChI=1S/C21H39F2N3.C17H31F2N3.C2H6/c1-5-18(4)26-14-20(15-26)7-10-24(11-8-20)13-19-6-9-25(12-17(2)3)16-21(19,22)23;1-3-20-8-5-15(6-9-20)11-22-10-7-16(17(18,19)14-22)12-21(4-2)13-16;1-2/h17-19H,5-16H2,1-4H3;15H,3-14H2,1-2H3;1-2H3. The fourth-order valence-corrected chi connectivity index (χ4v) is 9.69. The van der Waals surface area contributed by atoms with Crippen LogP contribution in [0.3, 0.4) is 0 Å². The molecule has 0 N–H and O–H groups in total. The molecule has 50 heavy (non-hydrogen) atoms. The van der Waals surface area contributed by atoms with Crippen LogP contribution in [-0.4, -0.2) is 159 Å². The van der Waals surface area contributed by atoms with Gasteiger partial charge < -0.3 is 14.7 Å².